The van der Waals surface area contributed by atoms with Crippen LogP contribution in [0.1, 0.15) is 31.6 Å². The molecule has 2 rings (SSSR count). The average Bonchev–Trinajstić information content (AvgIpc) is 2.54. The summed E-state index contributed by atoms with van der Waals surface area (Å²) < 4.78 is 78.4. The first-order chi connectivity index (χ1) is 12.4. The molecule has 1 aliphatic rings. The lowest BCUT2D eigenvalue weighted by Gasteiger charge is -2.24. The molecule has 1 aromatic rings. The first-order valence-electron chi connectivity index (χ1n) is 8.72. The van der Waals surface area contributed by atoms with Gasteiger partial charge in [0, 0.05) is 2.74 Å². The number of nitrogens with one attached hydrogen (secondary N) is 1. The molecule has 0 heterocycles. The van der Waals surface area contributed by atoms with E-state index in [0.717, 1.165) is 18.2 Å². The summed E-state index contributed by atoms with van der Waals surface area (Å²) in [6.45, 7) is 1.31. The summed E-state index contributed by atoms with van der Waals surface area (Å²) in [6.07, 6.45) is -3.40. The minimum atomic E-state index is -4.97. The molecule has 0 saturated carbocycles. The Bertz CT molecular complexity index is 909. The zero-order valence-electron chi connectivity index (χ0n) is 16.2. The Morgan fingerprint density at radius 3 is 3.04 bits per heavy atom. The molecule has 0 saturated heterocycles. The minimum Gasteiger partial charge on any atom is -0.463 e. The Morgan fingerprint density at radius 1 is 1.65 bits per heavy atom. The predicted octanol–water partition coefficient (Wildman–Crippen LogP) is 3.26. The molecule has 126 valence electrons. The highest BCUT2D eigenvalue weighted by atomic mass is 35.5. The Morgan fingerprint density at radius 2 is 2.39 bits per heavy atom. The number of ether oxygens (including phenoxy) is 1. The molecule has 5 nitrogen and oxygen atoms in total. The van der Waals surface area contributed by atoms with E-state index in [9.17, 15) is 17.6 Å². The lowest BCUT2D eigenvalue weighted by Crippen LogP contribution is -2.34. The highest BCUT2D eigenvalue weighted by molar-refractivity contribution is 7.93. The molecule has 0 amide bonds. The third-order valence-electron chi connectivity index (χ3n) is 2.86. The fraction of sp³-hybridized carbons (Fsp3) is 0.400. The van der Waals surface area contributed by atoms with Crippen LogP contribution in [-0.4, -0.2) is 26.2 Å². The molecule has 0 aromatic heterocycles. The summed E-state index contributed by atoms with van der Waals surface area (Å²) in [5, 5.41) is -3.48. The first kappa shape index (κ1) is 12.8. The third kappa shape index (κ3) is 4.23. The predicted molar refractivity (Wildman–Crippen MR) is 86.3 cm³/mol. The molecule has 0 fully saturated rings. The van der Waals surface area contributed by atoms with Crippen molar-refractivity contribution in [2.24, 2.45) is 0 Å². The van der Waals surface area contributed by atoms with Gasteiger partial charge in [0.2, 0.25) is 10.0 Å². The van der Waals surface area contributed by atoms with E-state index in [0.29, 0.717) is 0 Å². The van der Waals surface area contributed by atoms with Gasteiger partial charge in [0.1, 0.15) is 11.0 Å². The number of anilines is 1. The number of hydrogen-bond donors (Lipinski definition) is 1. The summed E-state index contributed by atoms with van der Waals surface area (Å²) in [5.41, 5.74) is -1.19. The van der Waals surface area contributed by atoms with Gasteiger partial charge >= 0.3 is 5.97 Å². The van der Waals surface area contributed by atoms with Gasteiger partial charge in [0.15, 0.2) is 0 Å². The number of carbonyl (C=O) groups is 1. The second-order valence-electron chi connectivity index (χ2n) is 4.51. The molecule has 23 heavy (non-hydrogen) atoms. The van der Waals surface area contributed by atoms with Crippen LogP contribution in [0.3, 0.4) is 0 Å². The van der Waals surface area contributed by atoms with Crippen LogP contribution in [0.15, 0.2) is 29.8 Å². The number of carbonyl (C=O) groups excluding carboxylic acids is 1. The van der Waals surface area contributed by atoms with Gasteiger partial charge in [-0.3, -0.25) is 4.72 Å². The van der Waals surface area contributed by atoms with E-state index in [2.05, 4.69) is 0 Å². The van der Waals surface area contributed by atoms with Crippen molar-refractivity contribution >= 4 is 33.3 Å². The van der Waals surface area contributed by atoms with Crippen LogP contribution in [0.25, 0.3) is 0 Å². The van der Waals surface area contributed by atoms with Crippen molar-refractivity contribution in [2.75, 3.05) is 11.3 Å². The van der Waals surface area contributed by atoms with Gasteiger partial charge in [-0.1, -0.05) is 17.7 Å². The maximum Gasteiger partial charge on any atom is 0.335 e. The van der Waals surface area contributed by atoms with Crippen LogP contribution in [0.2, 0.25) is 5.02 Å². The van der Waals surface area contributed by atoms with Crippen molar-refractivity contribution < 1.29 is 27.8 Å². The maximum absolute atomic E-state index is 13.2. The van der Waals surface area contributed by atoms with Crippen LogP contribution < -0.4 is 4.72 Å². The van der Waals surface area contributed by atoms with Crippen molar-refractivity contribution in [3.63, 3.8) is 0 Å². The van der Waals surface area contributed by atoms with Gasteiger partial charge in [-0.15, -0.1) is 0 Å². The molecule has 0 bridgehead atoms. The third-order valence-corrected chi connectivity index (χ3v) is 4.55. The lowest BCUT2D eigenvalue weighted by molar-refractivity contribution is -0.138. The largest absolute Gasteiger partial charge is 0.463 e. The Labute approximate surface area is 145 Å². The monoisotopic (exact) mass is 365 g/mol. The molecular weight excluding hydrogens is 345 g/mol. The number of sulfonamides is 1. The van der Waals surface area contributed by atoms with E-state index in [1.54, 1.807) is 0 Å². The summed E-state index contributed by atoms with van der Waals surface area (Å²) in [5.74, 6) is -1.98. The molecular formula is C15H17ClFNO4S. The van der Waals surface area contributed by atoms with Gasteiger partial charge in [-0.2, -0.15) is 0 Å². The van der Waals surface area contributed by atoms with E-state index in [1.807, 2.05) is 4.72 Å². The van der Waals surface area contributed by atoms with Crippen molar-refractivity contribution in [3.05, 3.63) is 40.7 Å². The van der Waals surface area contributed by atoms with Gasteiger partial charge in [0.25, 0.3) is 0 Å². The highest BCUT2D eigenvalue weighted by Gasteiger charge is 2.35. The molecule has 0 spiro atoms. The zero-order chi connectivity index (χ0) is 20.6. The summed E-state index contributed by atoms with van der Waals surface area (Å²) >= 11 is 5.81. The number of rotatable bonds is 5. The van der Waals surface area contributed by atoms with Crippen LogP contribution >= 0.6 is 11.6 Å². The molecule has 8 heteroatoms. The van der Waals surface area contributed by atoms with Gasteiger partial charge < -0.3 is 4.74 Å². The van der Waals surface area contributed by atoms with Crippen LogP contribution in [0.4, 0.5) is 10.1 Å². The van der Waals surface area contributed by atoms with Gasteiger partial charge in [-0.05, 0) is 44.3 Å². The molecule has 1 unspecified atom stereocenters. The first-order valence-corrected chi connectivity index (χ1v) is 8.58. The standard InChI is InChI=1S/C15H17ClFNO4S/c1-2-22-15(19)11-5-3-4-6-14(11)23(20,21)18-13-8-7-10(17)9-12(13)16/h5,7-9,14,18H,2-4,6H2,1H3/i5D,6D2,14D. The average molecular weight is 366 g/mol. The van der Waals surface area contributed by atoms with Crippen LogP contribution in [-0.2, 0) is 19.6 Å². The normalized spacial score (nSPS) is 26.6. The summed E-state index contributed by atoms with van der Waals surface area (Å²) in [4.78, 5) is 12.3. The van der Waals surface area contributed by atoms with E-state index < -0.39 is 51.5 Å². The van der Waals surface area contributed by atoms with E-state index in [4.69, 9.17) is 21.8 Å². The number of halogens is 2. The SMILES string of the molecule is [2H]C1=C(C(=O)OCC)C([2H])(S(=O)(=O)Nc2ccc(F)cc2Cl)C([2H])([2H])CC1. The minimum absolute atomic E-state index is 0.147. The number of esters is 1. The zero-order valence-corrected chi connectivity index (χ0v) is 13.7. The van der Waals surface area contributed by atoms with Crippen LogP contribution in [0, 0.1) is 5.82 Å². The van der Waals surface area contributed by atoms with Crippen LogP contribution in [0.5, 0.6) is 0 Å². The second-order valence-corrected chi connectivity index (χ2v) is 6.53. The molecule has 1 aliphatic carbocycles. The van der Waals surface area contributed by atoms with E-state index >= 15 is 0 Å². The molecule has 1 aromatic carbocycles. The number of hydrogen-bond acceptors (Lipinski definition) is 4. The van der Waals surface area contributed by atoms with Gasteiger partial charge in [-0.25, -0.2) is 17.6 Å². The molecule has 0 aliphatic heterocycles. The maximum atomic E-state index is 13.2. The topological polar surface area (TPSA) is 72.5 Å². The Hall–Kier alpha value is -1.60. The second kappa shape index (κ2) is 7.31. The van der Waals surface area contributed by atoms with Crippen molar-refractivity contribution in [1.82, 2.24) is 0 Å². The fourth-order valence-corrected chi connectivity index (χ4v) is 3.45. The molecule has 1 atom stereocenters. The smallest absolute Gasteiger partial charge is 0.335 e. The fourth-order valence-electron chi connectivity index (χ4n) is 1.90. The van der Waals surface area contributed by atoms with Gasteiger partial charge in [0.05, 0.1) is 25.6 Å². The Kier molecular flexibility index (Phi) is 4.06. The number of allylic oxidation sites excluding steroid dienone is 1. The summed E-state index contributed by atoms with van der Waals surface area (Å²) in [7, 11) is -4.97. The highest BCUT2D eigenvalue weighted by Crippen LogP contribution is 2.30. The molecule has 0 radical (unpaired) electrons. The summed E-state index contributed by atoms with van der Waals surface area (Å²) in [6, 6.07) is 2.28. The molecule has 1 N–H and O–H groups in total. The Balaban J connectivity index is 2.63. The lowest BCUT2D eigenvalue weighted by atomic mass is 9.99. The van der Waals surface area contributed by atoms with Crippen molar-refractivity contribution in [3.8, 4) is 0 Å². The van der Waals surface area contributed by atoms with Crippen molar-refractivity contribution in [2.45, 2.75) is 31.4 Å². The van der Waals surface area contributed by atoms with Crippen molar-refractivity contribution in [1.29, 1.82) is 0 Å². The number of benzene rings is 1. The quantitative estimate of drug-likeness (QED) is 0.813. The van der Waals surface area contributed by atoms with E-state index in [-0.39, 0.29) is 23.7 Å². The van der Waals surface area contributed by atoms with E-state index in [1.165, 1.54) is 6.92 Å².